The average molecular weight is 428 g/mol. The first-order valence-corrected chi connectivity index (χ1v) is 9.55. The number of ether oxygens (including phenoxy) is 4. The highest BCUT2D eigenvalue weighted by Crippen LogP contribution is 2.30. The number of benzene rings is 2. The van der Waals surface area contributed by atoms with Crippen LogP contribution < -0.4 is 19.5 Å². The van der Waals surface area contributed by atoms with E-state index in [-0.39, 0.29) is 13.2 Å². The second-order valence-electron chi connectivity index (χ2n) is 6.76. The zero-order valence-electron chi connectivity index (χ0n) is 17.5. The first kappa shape index (κ1) is 21.9. The fraction of sp³-hybridized carbons (Fsp3) is 0.318. The Morgan fingerprint density at radius 3 is 2.39 bits per heavy atom. The van der Waals surface area contributed by atoms with Crippen LogP contribution in [0.5, 0.6) is 17.2 Å². The molecule has 31 heavy (non-hydrogen) atoms. The molecule has 1 N–H and O–H groups in total. The molecule has 2 amide bonds. The number of esters is 1. The summed E-state index contributed by atoms with van der Waals surface area (Å²) in [5.41, 5.74) is 0.683. The highest BCUT2D eigenvalue weighted by atomic mass is 16.5. The summed E-state index contributed by atoms with van der Waals surface area (Å²) in [6.07, 6.45) is 0. The van der Waals surface area contributed by atoms with Crippen LogP contribution in [0.4, 0.5) is 0 Å². The van der Waals surface area contributed by atoms with Gasteiger partial charge in [-0.25, -0.2) is 4.79 Å². The third-order valence-corrected chi connectivity index (χ3v) is 4.91. The Bertz CT molecular complexity index is 948. The quantitative estimate of drug-likeness (QED) is 0.472. The van der Waals surface area contributed by atoms with Crippen molar-refractivity contribution in [3.8, 4) is 17.2 Å². The van der Waals surface area contributed by atoms with E-state index in [9.17, 15) is 14.4 Å². The zero-order valence-corrected chi connectivity index (χ0v) is 17.5. The molecule has 2 aromatic rings. The molecule has 1 heterocycles. The fourth-order valence-electron chi connectivity index (χ4n) is 3.30. The molecule has 0 bridgehead atoms. The topological polar surface area (TPSA) is 103 Å². The first-order valence-electron chi connectivity index (χ1n) is 9.55. The lowest BCUT2D eigenvalue weighted by Gasteiger charge is -2.45. The molecule has 2 atom stereocenters. The molecule has 1 aliphatic rings. The lowest BCUT2D eigenvalue weighted by atomic mass is 9.93. The van der Waals surface area contributed by atoms with Crippen LogP contribution in [0.15, 0.2) is 48.5 Å². The standard InChI is InChI=1S/C22H24N2O7/c1-28-16-10-9-14(17(11-16)29-2)12-24-20(22(27)30-3)19(21(24)26)23-18(25)13-31-15-7-5-4-6-8-15/h4-11,19-20H,12-13H2,1-3H3,(H,23,25). The summed E-state index contributed by atoms with van der Waals surface area (Å²) in [6.45, 7) is -0.174. The summed E-state index contributed by atoms with van der Waals surface area (Å²) in [5.74, 6) is 0.0962. The molecule has 1 fully saturated rings. The number of nitrogens with one attached hydrogen (secondary N) is 1. The number of rotatable bonds is 9. The molecule has 9 nitrogen and oxygen atoms in total. The number of likely N-dealkylation sites (tertiary alicyclic amines) is 1. The molecule has 0 spiro atoms. The van der Waals surface area contributed by atoms with E-state index in [1.54, 1.807) is 42.5 Å². The van der Waals surface area contributed by atoms with Crippen molar-refractivity contribution < 1.29 is 33.3 Å². The van der Waals surface area contributed by atoms with E-state index in [2.05, 4.69) is 5.32 Å². The van der Waals surface area contributed by atoms with Crippen LogP contribution in [0.3, 0.4) is 0 Å². The van der Waals surface area contributed by atoms with E-state index in [0.717, 1.165) is 0 Å². The van der Waals surface area contributed by atoms with Crippen molar-refractivity contribution in [3.63, 3.8) is 0 Å². The van der Waals surface area contributed by atoms with Crippen molar-refractivity contribution in [3.05, 3.63) is 54.1 Å². The van der Waals surface area contributed by atoms with Crippen molar-refractivity contribution >= 4 is 17.8 Å². The minimum atomic E-state index is -1.02. The molecule has 9 heteroatoms. The summed E-state index contributed by atoms with van der Waals surface area (Å²) in [7, 11) is 4.27. The van der Waals surface area contributed by atoms with Crippen LogP contribution >= 0.6 is 0 Å². The fourth-order valence-corrected chi connectivity index (χ4v) is 3.30. The Balaban J connectivity index is 1.67. The van der Waals surface area contributed by atoms with Crippen molar-refractivity contribution in [2.75, 3.05) is 27.9 Å². The maximum Gasteiger partial charge on any atom is 0.331 e. The van der Waals surface area contributed by atoms with Gasteiger partial charge >= 0.3 is 5.97 Å². The number of hydrogen-bond acceptors (Lipinski definition) is 7. The molecule has 0 radical (unpaired) electrons. The van der Waals surface area contributed by atoms with Crippen molar-refractivity contribution in [2.45, 2.75) is 18.6 Å². The van der Waals surface area contributed by atoms with Crippen LogP contribution in [-0.4, -0.2) is 62.7 Å². The average Bonchev–Trinajstić information content (AvgIpc) is 2.81. The Morgan fingerprint density at radius 2 is 1.74 bits per heavy atom. The summed E-state index contributed by atoms with van der Waals surface area (Å²) in [6, 6.07) is 12.0. The van der Waals surface area contributed by atoms with Crippen LogP contribution in [0, 0.1) is 0 Å². The minimum Gasteiger partial charge on any atom is -0.497 e. The lowest BCUT2D eigenvalue weighted by molar-refractivity contribution is -0.170. The van der Waals surface area contributed by atoms with Crippen molar-refractivity contribution in [1.29, 1.82) is 0 Å². The Labute approximate surface area is 179 Å². The number of amides is 2. The van der Waals surface area contributed by atoms with E-state index in [1.807, 2.05) is 6.07 Å². The van der Waals surface area contributed by atoms with Gasteiger partial charge in [-0.2, -0.15) is 0 Å². The van der Waals surface area contributed by atoms with Gasteiger partial charge in [0.1, 0.15) is 23.3 Å². The second kappa shape index (κ2) is 9.84. The SMILES string of the molecule is COC(=O)C1C(NC(=O)COc2ccccc2)C(=O)N1Cc1ccc(OC)cc1OC. The normalized spacial score (nSPS) is 17.4. The number of methoxy groups -OCH3 is 3. The Hall–Kier alpha value is -3.75. The van der Waals surface area contributed by atoms with E-state index in [1.165, 1.54) is 26.2 Å². The van der Waals surface area contributed by atoms with Gasteiger partial charge in [0.25, 0.3) is 5.91 Å². The van der Waals surface area contributed by atoms with Gasteiger partial charge in [0.05, 0.1) is 27.9 Å². The second-order valence-corrected chi connectivity index (χ2v) is 6.76. The predicted molar refractivity (Wildman–Crippen MR) is 110 cm³/mol. The van der Waals surface area contributed by atoms with Crippen molar-refractivity contribution in [2.24, 2.45) is 0 Å². The molecule has 2 unspecified atom stereocenters. The van der Waals surface area contributed by atoms with E-state index < -0.39 is 29.9 Å². The van der Waals surface area contributed by atoms with Gasteiger partial charge in [0, 0.05) is 11.6 Å². The summed E-state index contributed by atoms with van der Waals surface area (Å²) >= 11 is 0. The number of β-lactam (4-membered cyclic amide) rings is 1. The number of para-hydroxylation sites is 1. The molecule has 0 saturated carbocycles. The maximum absolute atomic E-state index is 12.7. The van der Waals surface area contributed by atoms with E-state index in [0.29, 0.717) is 22.8 Å². The molecule has 164 valence electrons. The van der Waals surface area contributed by atoms with Crippen molar-refractivity contribution in [1.82, 2.24) is 10.2 Å². The van der Waals surface area contributed by atoms with Gasteiger partial charge in [-0.1, -0.05) is 18.2 Å². The highest BCUT2D eigenvalue weighted by Gasteiger charge is 2.53. The summed E-state index contributed by atoms with van der Waals surface area (Å²) in [5, 5.41) is 2.56. The zero-order chi connectivity index (χ0) is 22.4. The van der Waals surface area contributed by atoms with Gasteiger partial charge < -0.3 is 29.2 Å². The third-order valence-electron chi connectivity index (χ3n) is 4.91. The van der Waals surface area contributed by atoms with Gasteiger partial charge in [-0.3, -0.25) is 9.59 Å². The monoisotopic (exact) mass is 428 g/mol. The maximum atomic E-state index is 12.7. The molecule has 1 aliphatic heterocycles. The highest BCUT2D eigenvalue weighted by molar-refractivity contribution is 6.02. The molecule has 3 rings (SSSR count). The largest absolute Gasteiger partial charge is 0.497 e. The van der Waals surface area contributed by atoms with Crippen LogP contribution in [0.25, 0.3) is 0 Å². The molecular formula is C22H24N2O7. The number of carbonyl (C=O) groups is 3. The van der Waals surface area contributed by atoms with Crippen LogP contribution in [0.1, 0.15) is 5.56 Å². The molecule has 0 aliphatic carbocycles. The number of carbonyl (C=O) groups excluding carboxylic acids is 3. The van der Waals surface area contributed by atoms with Gasteiger partial charge in [0.15, 0.2) is 12.6 Å². The molecule has 0 aromatic heterocycles. The molecule has 2 aromatic carbocycles. The Kier molecular flexibility index (Phi) is 6.96. The van der Waals surface area contributed by atoms with Gasteiger partial charge in [-0.15, -0.1) is 0 Å². The molecule has 1 saturated heterocycles. The van der Waals surface area contributed by atoms with Gasteiger partial charge in [0.2, 0.25) is 5.91 Å². The summed E-state index contributed by atoms with van der Waals surface area (Å²) in [4.78, 5) is 38.6. The van der Waals surface area contributed by atoms with E-state index in [4.69, 9.17) is 18.9 Å². The lowest BCUT2D eigenvalue weighted by Crippen LogP contribution is -2.73. The Morgan fingerprint density at radius 1 is 1.00 bits per heavy atom. The predicted octanol–water partition coefficient (Wildman–Crippen LogP) is 1.15. The number of hydrogen-bond donors (Lipinski definition) is 1. The minimum absolute atomic E-state index is 0.110. The smallest absolute Gasteiger partial charge is 0.331 e. The van der Waals surface area contributed by atoms with E-state index >= 15 is 0 Å². The summed E-state index contributed by atoms with van der Waals surface area (Å²) < 4.78 is 20.8. The number of nitrogens with zero attached hydrogens (tertiary/aromatic N) is 1. The third kappa shape index (κ3) is 4.88. The van der Waals surface area contributed by atoms with Gasteiger partial charge in [-0.05, 0) is 24.3 Å². The van der Waals surface area contributed by atoms with Crippen LogP contribution in [-0.2, 0) is 25.7 Å². The van der Waals surface area contributed by atoms with Crippen LogP contribution in [0.2, 0.25) is 0 Å². The first-order chi connectivity index (χ1) is 15.0. The molecular weight excluding hydrogens is 404 g/mol.